The maximum atomic E-state index is 13.3. The zero-order chi connectivity index (χ0) is 23.7. The molecule has 0 aromatic heterocycles. The van der Waals surface area contributed by atoms with Gasteiger partial charge >= 0.3 is 0 Å². The summed E-state index contributed by atoms with van der Waals surface area (Å²) >= 11 is 19.9. The second-order valence-electron chi connectivity index (χ2n) is 7.60. The number of nitrogens with one attached hydrogen (secondary N) is 1. The first-order valence-corrected chi connectivity index (χ1v) is 12.9. The molecule has 2 rings (SSSR count). The van der Waals surface area contributed by atoms with Crippen molar-refractivity contribution in [2.45, 2.75) is 58.0 Å². The van der Waals surface area contributed by atoms with E-state index in [2.05, 4.69) is 5.32 Å². The second-order valence-corrected chi connectivity index (χ2v) is 9.80. The topological polar surface area (TPSA) is 49.4 Å². The van der Waals surface area contributed by atoms with Gasteiger partial charge in [0.25, 0.3) is 0 Å². The SMILES string of the molecule is CC[C@@H](C)NC(=O)[C@@H](CC)N(Cc1ccccc1Cl)C(=O)CSCc1ccc(Cl)c(Cl)c1. The Bertz CT molecular complexity index is 926. The summed E-state index contributed by atoms with van der Waals surface area (Å²) in [5, 5.41) is 4.58. The van der Waals surface area contributed by atoms with Crippen LogP contribution >= 0.6 is 46.6 Å². The van der Waals surface area contributed by atoms with Gasteiger partial charge in [-0.15, -0.1) is 11.8 Å². The Kier molecular flexibility index (Phi) is 11.2. The number of thioether (sulfide) groups is 1. The molecule has 0 spiro atoms. The van der Waals surface area contributed by atoms with Crippen molar-refractivity contribution in [3.8, 4) is 0 Å². The number of carbonyl (C=O) groups is 2. The highest BCUT2D eigenvalue weighted by Gasteiger charge is 2.29. The molecule has 4 nitrogen and oxygen atoms in total. The molecule has 0 saturated carbocycles. The van der Waals surface area contributed by atoms with Crippen LogP contribution in [0.4, 0.5) is 0 Å². The summed E-state index contributed by atoms with van der Waals surface area (Å²) in [7, 11) is 0. The van der Waals surface area contributed by atoms with Crippen LogP contribution in [0.5, 0.6) is 0 Å². The summed E-state index contributed by atoms with van der Waals surface area (Å²) in [5.41, 5.74) is 1.79. The Morgan fingerprint density at radius 1 is 1.00 bits per heavy atom. The number of rotatable bonds is 11. The van der Waals surface area contributed by atoms with E-state index in [1.807, 2.05) is 45.0 Å². The number of carbonyl (C=O) groups excluding carboxylic acids is 2. The van der Waals surface area contributed by atoms with Gasteiger partial charge in [0.1, 0.15) is 6.04 Å². The van der Waals surface area contributed by atoms with E-state index in [1.165, 1.54) is 11.8 Å². The molecule has 0 unspecified atom stereocenters. The van der Waals surface area contributed by atoms with Crippen LogP contribution in [0.3, 0.4) is 0 Å². The van der Waals surface area contributed by atoms with Crippen LogP contribution in [0.2, 0.25) is 15.1 Å². The van der Waals surface area contributed by atoms with Gasteiger partial charge in [-0.1, -0.05) is 72.9 Å². The number of amides is 2. The highest BCUT2D eigenvalue weighted by atomic mass is 35.5. The zero-order valence-electron chi connectivity index (χ0n) is 18.5. The van der Waals surface area contributed by atoms with Crippen molar-refractivity contribution in [3.05, 3.63) is 68.7 Å². The summed E-state index contributed by atoms with van der Waals surface area (Å²) in [6.45, 7) is 6.16. The third-order valence-electron chi connectivity index (χ3n) is 5.16. The molecule has 0 radical (unpaired) electrons. The van der Waals surface area contributed by atoms with E-state index >= 15 is 0 Å². The first kappa shape index (κ1) is 26.8. The molecule has 0 aliphatic rings. The van der Waals surface area contributed by atoms with E-state index in [0.717, 1.165) is 17.5 Å². The molecular formula is C24H29Cl3N2O2S. The monoisotopic (exact) mass is 514 g/mol. The van der Waals surface area contributed by atoms with Crippen LogP contribution < -0.4 is 5.32 Å². The summed E-state index contributed by atoms with van der Waals surface area (Å²) in [6.07, 6.45) is 1.33. The normalized spacial score (nSPS) is 12.8. The fourth-order valence-corrected chi connectivity index (χ4v) is 4.51. The predicted octanol–water partition coefficient (Wildman–Crippen LogP) is 6.60. The Labute approximate surface area is 210 Å². The Morgan fingerprint density at radius 3 is 2.34 bits per heavy atom. The van der Waals surface area contributed by atoms with E-state index in [1.54, 1.807) is 23.1 Å². The Hall–Kier alpha value is -1.40. The Morgan fingerprint density at radius 2 is 1.72 bits per heavy atom. The summed E-state index contributed by atoms with van der Waals surface area (Å²) in [6, 6.07) is 12.3. The van der Waals surface area contributed by atoms with Crippen LogP contribution in [0.25, 0.3) is 0 Å². The third-order valence-corrected chi connectivity index (χ3v) is 7.26. The number of benzene rings is 2. The lowest BCUT2D eigenvalue weighted by molar-refractivity contribution is -0.139. The second kappa shape index (κ2) is 13.3. The van der Waals surface area contributed by atoms with Gasteiger partial charge in [-0.25, -0.2) is 0 Å². The molecule has 0 aliphatic heterocycles. The van der Waals surface area contributed by atoms with Crippen molar-refractivity contribution in [3.63, 3.8) is 0 Å². The third kappa shape index (κ3) is 7.87. The van der Waals surface area contributed by atoms with E-state index < -0.39 is 6.04 Å². The average Bonchev–Trinajstić information content (AvgIpc) is 2.77. The number of halogens is 3. The summed E-state index contributed by atoms with van der Waals surface area (Å²) < 4.78 is 0. The minimum atomic E-state index is -0.571. The fraction of sp³-hybridized carbons (Fsp3) is 0.417. The van der Waals surface area contributed by atoms with Gasteiger partial charge in [-0.3, -0.25) is 9.59 Å². The molecule has 2 amide bonds. The minimum Gasteiger partial charge on any atom is -0.352 e. The first-order chi connectivity index (χ1) is 15.3. The standard InChI is InChI=1S/C24H29Cl3N2O2S/c1-4-16(3)28-24(31)22(5-2)29(13-18-8-6-7-9-19(18)25)23(30)15-32-14-17-10-11-20(26)21(27)12-17/h6-12,16,22H,4-5,13-15H2,1-3H3,(H,28,31)/t16-,22-/m1/s1. The van der Waals surface area contributed by atoms with Crippen molar-refractivity contribution in [2.24, 2.45) is 0 Å². The van der Waals surface area contributed by atoms with Gasteiger partial charge in [0.15, 0.2) is 0 Å². The van der Waals surface area contributed by atoms with Crippen LogP contribution in [0.15, 0.2) is 42.5 Å². The lowest BCUT2D eigenvalue weighted by atomic mass is 10.1. The molecular weight excluding hydrogens is 487 g/mol. The van der Waals surface area contributed by atoms with Crippen LogP contribution in [0.1, 0.15) is 44.7 Å². The van der Waals surface area contributed by atoms with Gasteiger partial charge in [-0.05, 0) is 49.1 Å². The van der Waals surface area contributed by atoms with Crippen molar-refractivity contribution in [1.82, 2.24) is 10.2 Å². The van der Waals surface area contributed by atoms with E-state index in [-0.39, 0.29) is 30.2 Å². The van der Waals surface area contributed by atoms with Crippen molar-refractivity contribution in [2.75, 3.05) is 5.75 Å². The maximum Gasteiger partial charge on any atom is 0.243 e. The smallest absolute Gasteiger partial charge is 0.243 e. The predicted molar refractivity (Wildman–Crippen MR) is 137 cm³/mol. The lowest BCUT2D eigenvalue weighted by Gasteiger charge is -2.31. The van der Waals surface area contributed by atoms with E-state index in [0.29, 0.717) is 27.2 Å². The molecule has 8 heteroatoms. The van der Waals surface area contributed by atoms with Crippen molar-refractivity contribution in [1.29, 1.82) is 0 Å². The largest absolute Gasteiger partial charge is 0.352 e. The summed E-state index contributed by atoms with van der Waals surface area (Å²) in [5.74, 6) is 0.592. The lowest BCUT2D eigenvalue weighted by Crippen LogP contribution is -2.51. The molecule has 2 aromatic rings. The minimum absolute atomic E-state index is 0.0397. The fourth-order valence-electron chi connectivity index (χ4n) is 3.14. The molecule has 0 saturated heterocycles. The molecule has 174 valence electrons. The Balaban J connectivity index is 2.15. The average molecular weight is 516 g/mol. The van der Waals surface area contributed by atoms with Crippen LogP contribution in [-0.4, -0.2) is 34.6 Å². The van der Waals surface area contributed by atoms with Gasteiger partial charge in [-0.2, -0.15) is 0 Å². The molecule has 0 aliphatic carbocycles. The van der Waals surface area contributed by atoms with Crippen LogP contribution in [-0.2, 0) is 21.9 Å². The highest BCUT2D eigenvalue weighted by molar-refractivity contribution is 7.99. The molecule has 2 atom stereocenters. The molecule has 2 aromatic carbocycles. The number of nitrogens with zero attached hydrogens (tertiary/aromatic N) is 1. The van der Waals surface area contributed by atoms with E-state index in [9.17, 15) is 9.59 Å². The van der Waals surface area contributed by atoms with Crippen molar-refractivity contribution >= 4 is 58.4 Å². The number of hydrogen-bond acceptors (Lipinski definition) is 3. The summed E-state index contributed by atoms with van der Waals surface area (Å²) in [4.78, 5) is 27.9. The van der Waals surface area contributed by atoms with Gasteiger partial charge in [0.2, 0.25) is 11.8 Å². The van der Waals surface area contributed by atoms with Gasteiger partial charge in [0, 0.05) is 23.4 Å². The highest BCUT2D eigenvalue weighted by Crippen LogP contribution is 2.25. The molecule has 32 heavy (non-hydrogen) atoms. The molecule has 0 bridgehead atoms. The van der Waals surface area contributed by atoms with Crippen LogP contribution in [0, 0.1) is 0 Å². The quantitative estimate of drug-likeness (QED) is 0.367. The first-order valence-electron chi connectivity index (χ1n) is 10.6. The molecule has 1 N–H and O–H groups in total. The zero-order valence-corrected chi connectivity index (χ0v) is 21.6. The molecule has 0 heterocycles. The number of hydrogen-bond donors (Lipinski definition) is 1. The van der Waals surface area contributed by atoms with Crippen molar-refractivity contribution < 1.29 is 9.59 Å². The maximum absolute atomic E-state index is 13.3. The van der Waals surface area contributed by atoms with E-state index in [4.69, 9.17) is 34.8 Å². The molecule has 0 fully saturated rings. The van der Waals surface area contributed by atoms with Gasteiger partial charge in [0.05, 0.1) is 15.8 Å². The van der Waals surface area contributed by atoms with Gasteiger partial charge < -0.3 is 10.2 Å².